The number of aliphatic hydroxyl groups excluding tert-OH is 2. The summed E-state index contributed by atoms with van der Waals surface area (Å²) >= 11 is 0. The molecular formula is C15H22FNO2. The van der Waals surface area contributed by atoms with Crippen LogP contribution in [0.2, 0.25) is 0 Å². The van der Waals surface area contributed by atoms with Gasteiger partial charge in [0.05, 0.1) is 12.7 Å². The average molecular weight is 267 g/mol. The molecule has 0 aromatic heterocycles. The predicted octanol–water partition coefficient (Wildman–Crippen LogP) is 2.01. The van der Waals surface area contributed by atoms with E-state index < -0.39 is 6.10 Å². The van der Waals surface area contributed by atoms with Gasteiger partial charge in [0.2, 0.25) is 0 Å². The highest BCUT2D eigenvalue weighted by Gasteiger charge is 2.24. The Morgan fingerprint density at radius 3 is 2.95 bits per heavy atom. The summed E-state index contributed by atoms with van der Waals surface area (Å²) in [5, 5.41) is 19.3. The molecule has 1 aliphatic heterocycles. The number of hydrogen-bond donors (Lipinski definition) is 2. The van der Waals surface area contributed by atoms with E-state index in [9.17, 15) is 14.6 Å². The van der Waals surface area contributed by atoms with Crippen molar-refractivity contribution in [2.45, 2.75) is 38.3 Å². The Balaban J connectivity index is 1.90. The van der Waals surface area contributed by atoms with Crippen molar-refractivity contribution in [3.05, 3.63) is 35.1 Å². The minimum atomic E-state index is -0.643. The number of likely N-dealkylation sites (tertiary alicyclic amines) is 1. The summed E-state index contributed by atoms with van der Waals surface area (Å²) in [5.41, 5.74) is 1.22. The Labute approximate surface area is 113 Å². The first-order chi connectivity index (χ1) is 9.11. The van der Waals surface area contributed by atoms with Crippen molar-refractivity contribution in [3.63, 3.8) is 0 Å². The molecule has 0 aliphatic carbocycles. The molecule has 1 heterocycles. The minimum Gasteiger partial charge on any atom is -0.395 e. The summed E-state index contributed by atoms with van der Waals surface area (Å²) in [6.07, 6.45) is 2.04. The number of aliphatic hydroxyl groups is 2. The molecule has 2 atom stereocenters. The zero-order valence-electron chi connectivity index (χ0n) is 11.3. The third-order valence-electron chi connectivity index (χ3n) is 3.98. The molecule has 1 fully saturated rings. The van der Waals surface area contributed by atoms with Crippen molar-refractivity contribution >= 4 is 0 Å². The fourth-order valence-corrected chi connectivity index (χ4v) is 2.67. The number of benzene rings is 1. The van der Waals surface area contributed by atoms with Gasteiger partial charge >= 0.3 is 0 Å². The molecule has 1 aliphatic rings. The summed E-state index contributed by atoms with van der Waals surface area (Å²) in [7, 11) is 0. The van der Waals surface area contributed by atoms with Crippen LogP contribution in [0.1, 0.15) is 36.5 Å². The second-order valence-corrected chi connectivity index (χ2v) is 5.33. The van der Waals surface area contributed by atoms with E-state index in [1.54, 1.807) is 19.1 Å². The molecule has 2 rings (SSSR count). The Morgan fingerprint density at radius 2 is 2.26 bits per heavy atom. The summed E-state index contributed by atoms with van der Waals surface area (Å²) in [6.45, 7) is 3.60. The third-order valence-corrected chi connectivity index (χ3v) is 3.98. The minimum absolute atomic E-state index is 0.176. The lowest BCUT2D eigenvalue weighted by Gasteiger charge is -2.24. The van der Waals surface area contributed by atoms with Crippen LogP contribution in [0.4, 0.5) is 4.39 Å². The van der Waals surface area contributed by atoms with Gasteiger partial charge in [-0.2, -0.15) is 0 Å². The van der Waals surface area contributed by atoms with E-state index in [0.29, 0.717) is 17.5 Å². The normalized spacial score (nSPS) is 21.8. The molecule has 2 unspecified atom stereocenters. The highest BCUT2D eigenvalue weighted by molar-refractivity contribution is 5.24. The van der Waals surface area contributed by atoms with E-state index in [-0.39, 0.29) is 18.5 Å². The Morgan fingerprint density at radius 1 is 1.47 bits per heavy atom. The summed E-state index contributed by atoms with van der Waals surface area (Å²) in [6, 6.07) is 5.10. The van der Waals surface area contributed by atoms with Crippen LogP contribution >= 0.6 is 0 Å². The predicted molar refractivity (Wildman–Crippen MR) is 72.4 cm³/mol. The van der Waals surface area contributed by atoms with E-state index in [1.165, 1.54) is 6.07 Å². The van der Waals surface area contributed by atoms with Gasteiger partial charge in [0.25, 0.3) is 0 Å². The van der Waals surface area contributed by atoms with Crippen LogP contribution in [0.25, 0.3) is 0 Å². The maximum atomic E-state index is 13.4. The smallest absolute Gasteiger partial charge is 0.126 e. The molecule has 0 saturated carbocycles. The fourth-order valence-electron chi connectivity index (χ4n) is 2.67. The molecule has 4 heteroatoms. The topological polar surface area (TPSA) is 43.7 Å². The number of hydrogen-bond acceptors (Lipinski definition) is 3. The van der Waals surface area contributed by atoms with Crippen LogP contribution in [0.5, 0.6) is 0 Å². The van der Waals surface area contributed by atoms with Crippen molar-refractivity contribution < 1.29 is 14.6 Å². The highest BCUT2D eigenvalue weighted by atomic mass is 19.1. The number of aryl methyl sites for hydroxylation is 1. The maximum absolute atomic E-state index is 13.4. The first kappa shape index (κ1) is 14.4. The van der Waals surface area contributed by atoms with Crippen molar-refractivity contribution in [1.82, 2.24) is 4.90 Å². The van der Waals surface area contributed by atoms with Crippen LogP contribution < -0.4 is 0 Å². The van der Waals surface area contributed by atoms with Gasteiger partial charge in [0.1, 0.15) is 5.82 Å². The number of rotatable bonds is 5. The second kappa shape index (κ2) is 6.46. The van der Waals surface area contributed by atoms with E-state index in [4.69, 9.17) is 0 Å². The molecule has 0 bridgehead atoms. The number of nitrogens with zero attached hydrogens (tertiary/aromatic N) is 1. The molecular weight excluding hydrogens is 245 g/mol. The van der Waals surface area contributed by atoms with Crippen LogP contribution in [0.15, 0.2) is 18.2 Å². The zero-order chi connectivity index (χ0) is 13.8. The maximum Gasteiger partial charge on any atom is 0.126 e. The van der Waals surface area contributed by atoms with Crippen LogP contribution in [0, 0.1) is 12.7 Å². The molecule has 106 valence electrons. The molecule has 19 heavy (non-hydrogen) atoms. The van der Waals surface area contributed by atoms with Crippen LogP contribution in [-0.4, -0.2) is 40.9 Å². The summed E-state index contributed by atoms with van der Waals surface area (Å²) in [4.78, 5) is 2.20. The molecule has 1 aromatic rings. The van der Waals surface area contributed by atoms with Gasteiger partial charge in [-0.3, -0.25) is 4.90 Å². The van der Waals surface area contributed by atoms with Gasteiger partial charge in [0.15, 0.2) is 0 Å². The molecule has 0 radical (unpaired) electrons. The highest BCUT2D eigenvalue weighted by Crippen LogP contribution is 2.22. The lowest BCUT2D eigenvalue weighted by molar-refractivity contribution is 0.116. The standard InChI is InChI=1S/C15H22FNO2/c1-11-4-5-12(9-14(11)16)15(19)6-8-17-7-2-3-13(17)10-18/h4-5,9,13,15,18-19H,2-3,6-8,10H2,1H3. The number of halogens is 1. The summed E-state index contributed by atoms with van der Waals surface area (Å²) < 4.78 is 13.4. The first-order valence-corrected chi connectivity index (χ1v) is 6.91. The molecule has 0 amide bonds. The van der Waals surface area contributed by atoms with Crippen molar-refractivity contribution in [1.29, 1.82) is 0 Å². The van der Waals surface area contributed by atoms with E-state index >= 15 is 0 Å². The zero-order valence-corrected chi connectivity index (χ0v) is 11.3. The van der Waals surface area contributed by atoms with E-state index in [2.05, 4.69) is 4.90 Å². The Kier molecular flexibility index (Phi) is 4.91. The lowest BCUT2D eigenvalue weighted by Crippen LogP contribution is -2.33. The Bertz CT molecular complexity index is 425. The Hall–Kier alpha value is -0.970. The first-order valence-electron chi connectivity index (χ1n) is 6.91. The second-order valence-electron chi connectivity index (χ2n) is 5.33. The molecule has 2 N–H and O–H groups in total. The van der Waals surface area contributed by atoms with Gasteiger partial charge in [-0.25, -0.2) is 4.39 Å². The monoisotopic (exact) mass is 267 g/mol. The van der Waals surface area contributed by atoms with Gasteiger partial charge in [-0.05, 0) is 49.9 Å². The van der Waals surface area contributed by atoms with Gasteiger partial charge in [-0.1, -0.05) is 12.1 Å². The molecule has 0 spiro atoms. The van der Waals surface area contributed by atoms with Gasteiger partial charge < -0.3 is 10.2 Å². The van der Waals surface area contributed by atoms with E-state index in [0.717, 1.165) is 25.9 Å². The lowest BCUT2D eigenvalue weighted by atomic mass is 10.0. The van der Waals surface area contributed by atoms with Gasteiger partial charge in [-0.15, -0.1) is 0 Å². The summed E-state index contributed by atoms with van der Waals surface area (Å²) in [5.74, 6) is -0.272. The van der Waals surface area contributed by atoms with Crippen molar-refractivity contribution in [2.75, 3.05) is 19.7 Å². The van der Waals surface area contributed by atoms with Crippen LogP contribution in [-0.2, 0) is 0 Å². The molecule has 1 saturated heterocycles. The largest absolute Gasteiger partial charge is 0.395 e. The van der Waals surface area contributed by atoms with Crippen molar-refractivity contribution in [3.8, 4) is 0 Å². The quantitative estimate of drug-likeness (QED) is 0.857. The third kappa shape index (κ3) is 3.53. The molecule has 3 nitrogen and oxygen atoms in total. The van der Waals surface area contributed by atoms with Crippen LogP contribution in [0.3, 0.4) is 0 Å². The fraction of sp³-hybridized carbons (Fsp3) is 0.600. The molecule has 1 aromatic carbocycles. The SMILES string of the molecule is Cc1ccc(C(O)CCN2CCCC2CO)cc1F. The average Bonchev–Trinajstić information content (AvgIpc) is 2.86. The van der Waals surface area contributed by atoms with E-state index in [1.807, 2.05) is 0 Å². The van der Waals surface area contributed by atoms with Crippen molar-refractivity contribution in [2.24, 2.45) is 0 Å². The van der Waals surface area contributed by atoms with Gasteiger partial charge in [0, 0.05) is 12.6 Å².